The van der Waals surface area contributed by atoms with Gasteiger partial charge in [0.1, 0.15) is 0 Å². The van der Waals surface area contributed by atoms with Gasteiger partial charge in [-0.3, -0.25) is 4.79 Å². The first-order valence-electron chi connectivity index (χ1n) is 8.30. The van der Waals surface area contributed by atoms with E-state index in [4.69, 9.17) is 5.26 Å². The minimum Gasteiger partial charge on any atom is -0.351 e. The molecule has 2 aromatic carbocycles. The van der Waals surface area contributed by atoms with Gasteiger partial charge in [0, 0.05) is 31.7 Å². The fourth-order valence-electron chi connectivity index (χ4n) is 2.42. The van der Waals surface area contributed by atoms with Crippen molar-refractivity contribution < 1.29 is 4.79 Å². The van der Waals surface area contributed by atoms with Crippen molar-refractivity contribution in [3.05, 3.63) is 70.8 Å². The van der Waals surface area contributed by atoms with E-state index in [-0.39, 0.29) is 5.91 Å². The number of benzene rings is 2. The number of nitrogens with one attached hydrogen (secondary N) is 2. The standard InChI is InChI=1S/C20H24N4O/c1-24(2)10-9-23-20(25)19-8-4-7-18(12-19)15-22-14-17-6-3-5-16(11-17)13-21/h3-8,11-12,22H,9-10,14-15H2,1-2H3,(H,23,25). The first-order valence-corrected chi connectivity index (χ1v) is 8.30. The molecule has 25 heavy (non-hydrogen) atoms. The molecule has 0 atom stereocenters. The average Bonchev–Trinajstić information content (AvgIpc) is 2.62. The second-order valence-electron chi connectivity index (χ2n) is 6.18. The number of nitrogens with zero attached hydrogens (tertiary/aromatic N) is 2. The Labute approximate surface area is 149 Å². The molecule has 0 heterocycles. The predicted molar refractivity (Wildman–Crippen MR) is 99.0 cm³/mol. The Hall–Kier alpha value is -2.68. The second kappa shape index (κ2) is 9.58. The Bertz CT molecular complexity index is 749. The smallest absolute Gasteiger partial charge is 0.251 e. The molecule has 1 amide bonds. The Morgan fingerprint density at radius 3 is 2.44 bits per heavy atom. The predicted octanol–water partition coefficient (Wildman–Crippen LogP) is 2.14. The van der Waals surface area contributed by atoms with Crippen molar-refractivity contribution in [3.8, 4) is 6.07 Å². The zero-order chi connectivity index (χ0) is 18.1. The van der Waals surface area contributed by atoms with E-state index in [0.29, 0.717) is 30.8 Å². The van der Waals surface area contributed by atoms with Crippen LogP contribution in [0.1, 0.15) is 27.0 Å². The minimum atomic E-state index is -0.0505. The molecular weight excluding hydrogens is 312 g/mol. The van der Waals surface area contributed by atoms with E-state index in [1.807, 2.05) is 61.5 Å². The lowest BCUT2D eigenvalue weighted by Gasteiger charge is -2.11. The van der Waals surface area contributed by atoms with Crippen LogP contribution in [0.5, 0.6) is 0 Å². The fourth-order valence-corrected chi connectivity index (χ4v) is 2.42. The molecule has 0 aliphatic carbocycles. The normalized spacial score (nSPS) is 10.5. The molecule has 130 valence electrons. The van der Waals surface area contributed by atoms with Crippen LogP contribution in [0.3, 0.4) is 0 Å². The van der Waals surface area contributed by atoms with Crippen molar-refractivity contribution in [1.82, 2.24) is 15.5 Å². The summed E-state index contributed by atoms with van der Waals surface area (Å²) in [6, 6.07) is 17.3. The highest BCUT2D eigenvalue weighted by Crippen LogP contribution is 2.07. The van der Waals surface area contributed by atoms with Gasteiger partial charge in [-0.2, -0.15) is 5.26 Å². The van der Waals surface area contributed by atoms with Crippen molar-refractivity contribution in [1.29, 1.82) is 5.26 Å². The number of nitriles is 1. The summed E-state index contributed by atoms with van der Waals surface area (Å²) in [5.74, 6) is -0.0505. The second-order valence-corrected chi connectivity index (χ2v) is 6.18. The maximum absolute atomic E-state index is 12.2. The molecule has 2 aromatic rings. The van der Waals surface area contributed by atoms with Crippen LogP contribution in [0, 0.1) is 11.3 Å². The molecule has 0 radical (unpaired) electrons. The van der Waals surface area contributed by atoms with E-state index < -0.39 is 0 Å². The van der Waals surface area contributed by atoms with Crippen molar-refractivity contribution in [2.24, 2.45) is 0 Å². The molecule has 2 rings (SSSR count). The van der Waals surface area contributed by atoms with Gasteiger partial charge in [-0.15, -0.1) is 0 Å². The van der Waals surface area contributed by atoms with Crippen molar-refractivity contribution in [2.45, 2.75) is 13.1 Å². The van der Waals surface area contributed by atoms with Crippen molar-refractivity contribution >= 4 is 5.91 Å². The van der Waals surface area contributed by atoms with Gasteiger partial charge in [-0.1, -0.05) is 24.3 Å². The van der Waals surface area contributed by atoms with Gasteiger partial charge in [-0.25, -0.2) is 0 Å². The van der Waals surface area contributed by atoms with Crippen LogP contribution in [0.2, 0.25) is 0 Å². The summed E-state index contributed by atoms with van der Waals surface area (Å²) in [5, 5.41) is 15.2. The Morgan fingerprint density at radius 2 is 1.76 bits per heavy atom. The van der Waals surface area contributed by atoms with E-state index in [0.717, 1.165) is 17.7 Å². The molecule has 0 bridgehead atoms. The number of hydrogen-bond donors (Lipinski definition) is 2. The maximum Gasteiger partial charge on any atom is 0.251 e. The minimum absolute atomic E-state index is 0.0505. The highest BCUT2D eigenvalue weighted by Gasteiger charge is 2.06. The SMILES string of the molecule is CN(C)CCNC(=O)c1cccc(CNCc2cccc(C#N)c2)c1. The molecule has 0 aliphatic heterocycles. The van der Waals surface area contributed by atoms with Gasteiger partial charge in [-0.05, 0) is 49.5 Å². The van der Waals surface area contributed by atoms with Gasteiger partial charge in [0.2, 0.25) is 0 Å². The summed E-state index contributed by atoms with van der Waals surface area (Å²) < 4.78 is 0. The van der Waals surface area contributed by atoms with E-state index >= 15 is 0 Å². The number of likely N-dealkylation sites (N-methyl/N-ethyl adjacent to an activating group) is 1. The Morgan fingerprint density at radius 1 is 1.08 bits per heavy atom. The third-order valence-corrected chi connectivity index (χ3v) is 3.75. The third-order valence-electron chi connectivity index (χ3n) is 3.75. The topological polar surface area (TPSA) is 68.2 Å². The van der Waals surface area contributed by atoms with Crippen LogP contribution >= 0.6 is 0 Å². The summed E-state index contributed by atoms with van der Waals surface area (Å²) >= 11 is 0. The van der Waals surface area contributed by atoms with Crippen LogP contribution in [0.25, 0.3) is 0 Å². The van der Waals surface area contributed by atoms with Crippen molar-refractivity contribution in [3.63, 3.8) is 0 Å². The monoisotopic (exact) mass is 336 g/mol. The molecule has 0 spiro atoms. The van der Waals surface area contributed by atoms with E-state index in [1.165, 1.54) is 0 Å². The summed E-state index contributed by atoms with van der Waals surface area (Å²) in [4.78, 5) is 14.2. The van der Waals surface area contributed by atoms with E-state index in [9.17, 15) is 4.79 Å². The van der Waals surface area contributed by atoms with Crippen LogP contribution in [-0.2, 0) is 13.1 Å². The molecule has 0 aromatic heterocycles. The molecule has 0 aliphatic rings. The van der Waals surface area contributed by atoms with Gasteiger partial charge in [0.25, 0.3) is 5.91 Å². The van der Waals surface area contributed by atoms with E-state index in [1.54, 1.807) is 6.07 Å². The summed E-state index contributed by atoms with van der Waals surface area (Å²) in [6.45, 7) is 2.78. The van der Waals surface area contributed by atoms with E-state index in [2.05, 4.69) is 16.7 Å². The number of carbonyl (C=O) groups is 1. The molecule has 0 saturated carbocycles. The highest BCUT2D eigenvalue weighted by molar-refractivity contribution is 5.94. The summed E-state index contributed by atoms with van der Waals surface area (Å²) in [7, 11) is 3.95. The van der Waals surface area contributed by atoms with Crippen LogP contribution in [-0.4, -0.2) is 38.0 Å². The Kier molecular flexibility index (Phi) is 7.15. The van der Waals surface area contributed by atoms with Gasteiger partial charge < -0.3 is 15.5 Å². The molecule has 2 N–H and O–H groups in total. The lowest BCUT2D eigenvalue weighted by molar-refractivity contribution is 0.0951. The van der Waals surface area contributed by atoms with Gasteiger partial charge >= 0.3 is 0 Å². The lowest BCUT2D eigenvalue weighted by Crippen LogP contribution is -2.31. The van der Waals surface area contributed by atoms with Crippen LogP contribution in [0.4, 0.5) is 0 Å². The van der Waals surface area contributed by atoms with Gasteiger partial charge in [0.15, 0.2) is 0 Å². The first-order chi connectivity index (χ1) is 12.1. The zero-order valence-corrected chi connectivity index (χ0v) is 14.7. The molecule has 0 saturated heterocycles. The average molecular weight is 336 g/mol. The van der Waals surface area contributed by atoms with Crippen LogP contribution < -0.4 is 10.6 Å². The fraction of sp³-hybridized carbons (Fsp3) is 0.300. The quantitative estimate of drug-likeness (QED) is 0.775. The van der Waals surface area contributed by atoms with Gasteiger partial charge in [0.05, 0.1) is 11.6 Å². The molecule has 0 fully saturated rings. The first kappa shape index (κ1) is 18.7. The molecule has 0 unspecified atom stereocenters. The molecular formula is C20H24N4O. The molecule has 5 nitrogen and oxygen atoms in total. The summed E-state index contributed by atoms with van der Waals surface area (Å²) in [5.41, 5.74) is 3.45. The highest BCUT2D eigenvalue weighted by atomic mass is 16.1. The summed E-state index contributed by atoms with van der Waals surface area (Å²) in [6.07, 6.45) is 0. The third kappa shape index (κ3) is 6.38. The number of rotatable bonds is 8. The lowest BCUT2D eigenvalue weighted by atomic mass is 10.1. The number of amides is 1. The number of hydrogen-bond acceptors (Lipinski definition) is 4. The van der Waals surface area contributed by atoms with Crippen molar-refractivity contribution in [2.75, 3.05) is 27.2 Å². The maximum atomic E-state index is 12.2. The Balaban J connectivity index is 1.86. The van der Waals surface area contributed by atoms with Crippen LogP contribution in [0.15, 0.2) is 48.5 Å². The number of carbonyl (C=O) groups excluding carboxylic acids is 1. The largest absolute Gasteiger partial charge is 0.351 e. The molecule has 5 heteroatoms. The zero-order valence-electron chi connectivity index (χ0n) is 14.7.